The third kappa shape index (κ3) is 3.18. The van der Waals surface area contributed by atoms with Gasteiger partial charge in [-0.1, -0.05) is 30.4 Å². The summed E-state index contributed by atoms with van der Waals surface area (Å²) < 4.78 is 13.4. The zero-order valence-corrected chi connectivity index (χ0v) is 13.7. The molecule has 0 spiro atoms. The van der Waals surface area contributed by atoms with Gasteiger partial charge in [-0.25, -0.2) is 4.39 Å². The van der Waals surface area contributed by atoms with E-state index in [0.29, 0.717) is 5.52 Å². The van der Waals surface area contributed by atoms with Crippen molar-refractivity contribution in [3.05, 3.63) is 78.6 Å². The molecule has 0 aliphatic rings. The van der Waals surface area contributed by atoms with Crippen molar-refractivity contribution in [2.75, 3.05) is 0 Å². The Kier molecular flexibility index (Phi) is 4.38. The van der Waals surface area contributed by atoms with Crippen molar-refractivity contribution in [2.24, 2.45) is 0 Å². The monoisotopic (exact) mass is 319 g/mol. The van der Waals surface area contributed by atoms with Crippen molar-refractivity contribution in [1.82, 2.24) is 15.2 Å². The van der Waals surface area contributed by atoms with Crippen molar-refractivity contribution in [2.45, 2.75) is 13.8 Å². The number of nitrogens with zero attached hydrogens (tertiary/aromatic N) is 2. The highest BCUT2D eigenvalue weighted by Gasteiger charge is 2.12. The highest BCUT2D eigenvalue weighted by Crippen LogP contribution is 2.32. The number of rotatable bonds is 4. The molecule has 0 radical (unpaired) electrons. The third-order valence-corrected chi connectivity index (χ3v) is 3.68. The van der Waals surface area contributed by atoms with Crippen LogP contribution >= 0.6 is 0 Å². The number of fused-ring (bicyclic) bond motifs is 1. The molecule has 1 N–H and O–H groups in total. The van der Waals surface area contributed by atoms with E-state index in [9.17, 15) is 4.39 Å². The van der Waals surface area contributed by atoms with E-state index in [0.717, 1.165) is 27.8 Å². The molecular weight excluding hydrogens is 301 g/mol. The average Bonchev–Trinajstić information content (AvgIpc) is 3.03. The highest BCUT2D eigenvalue weighted by molar-refractivity contribution is 5.97. The average molecular weight is 319 g/mol. The van der Waals surface area contributed by atoms with Crippen LogP contribution in [0.15, 0.2) is 67.0 Å². The Morgan fingerprint density at radius 2 is 2.04 bits per heavy atom. The summed E-state index contributed by atoms with van der Waals surface area (Å²) in [4.78, 5) is 4.24. The number of nitrogens with one attached hydrogen (secondary N) is 1. The van der Waals surface area contributed by atoms with Gasteiger partial charge in [0.25, 0.3) is 0 Å². The Morgan fingerprint density at radius 3 is 2.83 bits per heavy atom. The summed E-state index contributed by atoms with van der Waals surface area (Å²) in [6, 6.07) is 6.52. The van der Waals surface area contributed by atoms with Crippen molar-refractivity contribution in [3.8, 4) is 11.1 Å². The first-order chi connectivity index (χ1) is 11.6. The summed E-state index contributed by atoms with van der Waals surface area (Å²) in [6.07, 6.45) is 9.35. The predicted molar refractivity (Wildman–Crippen MR) is 96.9 cm³/mol. The van der Waals surface area contributed by atoms with E-state index in [-0.39, 0.29) is 5.82 Å². The Bertz CT molecular complexity index is 960. The van der Waals surface area contributed by atoms with Gasteiger partial charge in [-0.3, -0.25) is 10.1 Å². The van der Waals surface area contributed by atoms with E-state index in [1.165, 1.54) is 17.7 Å². The number of pyridine rings is 1. The van der Waals surface area contributed by atoms with Gasteiger partial charge in [0, 0.05) is 23.2 Å². The largest absolute Gasteiger partial charge is 0.277 e. The van der Waals surface area contributed by atoms with Crippen LogP contribution in [0.1, 0.15) is 19.5 Å². The van der Waals surface area contributed by atoms with Crippen LogP contribution in [0, 0.1) is 5.82 Å². The summed E-state index contributed by atoms with van der Waals surface area (Å²) >= 11 is 0. The standard InChI is InChI=1S/C20H18FN3/c1-13(2)5-4-6-14(3)20-18(12-23-24-20)16-9-10-22-19-11-15(21)7-8-17(16)19/h4-12H,3H2,1-2H3,(H,23,24)/b6-4-. The summed E-state index contributed by atoms with van der Waals surface area (Å²) in [5.74, 6) is -0.298. The predicted octanol–water partition coefficient (Wildman–Crippen LogP) is 5.30. The number of allylic oxidation sites excluding steroid dienone is 5. The van der Waals surface area contributed by atoms with Gasteiger partial charge in [0.05, 0.1) is 17.4 Å². The van der Waals surface area contributed by atoms with Gasteiger partial charge in [0.2, 0.25) is 0 Å². The minimum Gasteiger partial charge on any atom is -0.277 e. The Balaban J connectivity index is 2.07. The second kappa shape index (κ2) is 6.62. The van der Waals surface area contributed by atoms with Gasteiger partial charge >= 0.3 is 0 Å². The zero-order valence-electron chi connectivity index (χ0n) is 13.7. The van der Waals surface area contributed by atoms with E-state index in [4.69, 9.17) is 0 Å². The summed E-state index contributed by atoms with van der Waals surface area (Å²) in [7, 11) is 0. The molecule has 0 unspecified atom stereocenters. The number of hydrogen-bond acceptors (Lipinski definition) is 2. The van der Waals surface area contributed by atoms with E-state index in [2.05, 4.69) is 21.8 Å². The Morgan fingerprint density at radius 1 is 1.21 bits per heavy atom. The van der Waals surface area contributed by atoms with Crippen LogP contribution in [0.25, 0.3) is 27.6 Å². The van der Waals surface area contributed by atoms with Crippen LogP contribution in [0.5, 0.6) is 0 Å². The second-order valence-corrected chi connectivity index (χ2v) is 5.81. The van der Waals surface area contributed by atoms with Crippen molar-refractivity contribution < 1.29 is 4.39 Å². The highest BCUT2D eigenvalue weighted by atomic mass is 19.1. The first-order valence-electron chi connectivity index (χ1n) is 7.65. The lowest BCUT2D eigenvalue weighted by molar-refractivity contribution is 0.629. The molecule has 0 saturated carbocycles. The molecule has 0 aliphatic carbocycles. The zero-order chi connectivity index (χ0) is 17.1. The molecule has 3 nitrogen and oxygen atoms in total. The molecule has 0 bridgehead atoms. The maximum atomic E-state index is 13.4. The van der Waals surface area contributed by atoms with Gasteiger partial charge in [0.15, 0.2) is 0 Å². The number of hydrogen-bond donors (Lipinski definition) is 1. The quantitative estimate of drug-likeness (QED) is 0.663. The van der Waals surface area contributed by atoms with Crippen molar-refractivity contribution in [1.29, 1.82) is 0 Å². The maximum absolute atomic E-state index is 13.4. The van der Waals surface area contributed by atoms with Gasteiger partial charge in [-0.05, 0) is 43.2 Å². The van der Waals surface area contributed by atoms with Gasteiger partial charge in [-0.15, -0.1) is 0 Å². The number of benzene rings is 1. The van der Waals surface area contributed by atoms with Crippen LogP contribution < -0.4 is 0 Å². The van der Waals surface area contributed by atoms with E-state index in [1.807, 2.05) is 38.1 Å². The number of aromatic amines is 1. The summed E-state index contributed by atoms with van der Waals surface area (Å²) in [5, 5.41) is 8.04. The Labute approximate surface area is 140 Å². The molecule has 3 aromatic rings. The molecule has 0 amide bonds. The van der Waals surface area contributed by atoms with Crippen LogP contribution in [0.2, 0.25) is 0 Å². The molecule has 0 aliphatic heterocycles. The molecule has 2 heterocycles. The van der Waals surface area contributed by atoms with Crippen LogP contribution in [0.3, 0.4) is 0 Å². The normalized spacial score (nSPS) is 11.1. The lowest BCUT2D eigenvalue weighted by atomic mass is 9.99. The van der Waals surface area contributed by atoms with Gasteiger partial charge in [0.1, 0.15) is 5.82 Å². The number of aromatic nitrogens is 3. The van der Waals surface area contributed by atoms with Gasteiger partial charge < -0.3 is 0 Å². The first kappa shape index (κ1) is 15.9. The molecule has 0 fully saturated rings. The van der Waals surface area contributed by atoms with Crippen molar-refractivity contribution in [3.63, 3.8) is 0 Å². The lowest BCUT2D eigenvalue weighted by Gasteiger charge is -2.07. The maximum Gasteiger partial charge on any atom is 0.125 e. The fourth-order valence-corrected chi connectivity index (χ4v) is 2.53. The third-order valence-electron chi connectivity index (χ3n) is 3.68. The lowest BCUT2D eigenvalue weighted by Crippen LogP contribution is -1.88. The molecule has 120 valence electrons. The molecule has 24 heavy (non-hydrogen) atoms. The minimum atomic E-state index is -0.298. The number of halogens is 1. The molecule has 1 aromatic carbocycles. The molecule has 3 rings (SSSR count). The fourth-order valence-electron chi connectivity index (χ4n) is 2.53. The summed E-state index contributed by atoms with van der Waals surface area (Å²) in [5.41, 5.74) is 5.36. The topological polar surface area (TPSA) is 41.6 Å². The molecule has 0 saturated heterocycles. The molecular formula is C20H18FN3. The number of H-pyrrole nitrogens is 1. The smallest absolute Gasteiger partial charge is 0.125 e. The fraction of sp³-hybridized carbons (Fsp3) is 0.100. The summed E-state index contributed by atoms with van der Waals surface area (Å²) in [6.45, 7) is 8.19. The first-order valence-corrected chi connectivity index (χ1v) is 7.65. The van der Waals surface area contributed by atoms with E-state index < -0.39 is 0 Å². The second-order valence-electron chi connectivity index (χ2n) is 5.81. The van der Waals surface area contributed by atoms with Crippen LogP contribution in [-0.4, -0.2) is 15.2 Å². The molecule has 2 aromatic heterocycles. The molecule has 4 heteroatoms. The van der Waals surface area contributed by atoms with Crippen LogP contribution in [-0.2, 0) is 0 Å². The van der Waals surface area contributed by atoms with E-state index >= 15 is 0 Å². The Hall–Kier alpha value is -3.01. The van der Waals surface area contributed by atoms with E-state index in [1.54, 1.807) is 18.5 Å². The molecule has 0 atom stereocenters. The minimum absolute atomic E-state index is 0.298. The van der Waals surface area contributed by atoms with Gasteiger partial charge in [-0.2, -0.15) is 5.10 Å². The van der Waals surface area contributed by atoms with Crippen molar-refractivity contribution >= 4 is 16.5 Å². The SMILES string of the molecule is C=C(/C=C\C=C(C)C)c1[nH]ncc1-c1ccnc2cc(F)ccc12. The van der Waals surface area contributed by atoms with Crippen LogP contribution in [0.4, 0.5) is 4.39 Å².